The highest BCUT2D eigenvalue weighted by atomic mass is 19.4. The molecule has 1 aliphatic carbocycles. The van der Waals surface area contributed by atoms with E-state index in [0.717, 1.165) is 24.8 Å². The van der Waals surface area contributed by atoms with Gasteiger partial charge in [0.05, 0.1) is 6.61 Å². The van der Waals surface area contributed by atoms with Gasteiger partial charge in [-0.1, -0.05) is 6.07 Å². The molecule has 3 nitrogen and oxygen atoms in total. The monoisotopic (exact) mass is 275 g/mol. The topological polar surface area (TPSA) is 44.5 Å². The van der Waals surface area contributed by atoms with Crippen LogP contribution in [0.25, 0.3) is 0 Å². The highest BCUT2D eigenvalue weighted by molar-refractivity contribution is 5.39. The Kier molecular flexibility index (Phi) is 4.31. The summed E-state index contributed by atoms with van der Waals surface area (Å²) >= 11 is 0. The standard InChI is InChI=1S/C13H16F3NO2/c14-13(15,16)19-7-6-18-10-5-4-9-2-1-3-12(17)11(9)8-10/h4-5,8,12H,1-3,6-7,17H2/t12-/m0/s1. The molecule has 0 aromatic heterocycles. The molecular formula is C13H16F3NO2. The third-order valence-electron chi connectivity index (χ3n) is 3.10. The largest absolute Gasteiger partial charge is 0.522 e. The van der Waals surface area contributed by atoms with E-state index in [4.69, 9.17) is 10.5 Å². The zero-order valence-corrected chi connectivity index (χ0v) is 10.4. The van der Waals surface area contributed by atoms with E-state index in [1.165, 1.54) is 5.56 Å². The van der Waals surface area contributed by atoms with Gasteiger partial charge in [-0.2, -0.15) is 0 Å². The van der Waals surface area contributed by atoms with Gasteiger partial charge in [-0.15, -0.1) is 13.2 Å². The third kappa shape index (κ3) is 4.11. The van der Waals surface area contributed by atoms with Gasteiger partial charge in [-0.25, -0.2) is 0 Å². The van der Waals surface area contributed by atoms with Crippen molar-refractivity contribution in [1.29, 1.82) is 0 Å². The second-order valence-corrected chi connectivity index (χ2v) is 4.50. The number of alkyl halides is 3. The summed E-state index contributed by atoms with van der Waals surface area (Å²) in [5, 5.41) is 0. The van der Waals surface area contributed by atoms with E-state index in [2.05, 4.69) is 4.74 Å². The molecule has 2 N–H and O–H groups in total. The lowest BCUT2D eigenvalue weighted by Crippen LogP contribution is -2.19. The molecule has 106 valence electrons. The molecule has 19 heavy (non-hydrogen) atoms. The van der Waals surface area contributed by atoms with E-state index in [-0.39, 0.29) is 12.6 Å². The number of hydrogen-bond donors (Lipinski definition) is 1. The lowest BCUT2D eigenvalue weighted by Gasteiger charge is -2.22. The zero-order chi connectivity index (χ0) is 13.9. The number of aryl methyl sites for hydroxylation is 1. The van der Waals surface area contributed by atoms with Crippen molar-refractivity contribution in [3.8, 4) is 5.75 Å². The number of halogens is 3. The SMILES string of the molecule is N[C@H]1CCCc2ccc(OCCOC(F)(F)F)cc21. The van der Waals surface area contributed by atoms with Crippen LogP contribution in [0, 0.1) is 0 Å². The van der Waals surface area contributed by atoms with Crippen molar-refractivity contribution in [1.82, 2.24) is 0 Å². The van der Waals surface area contributed by atoms with Gasteiger partial charge in [0.2, 0.25) is 0 Å². The first-order chi connectivity index (χ1) is 8.96. The lowest BCUT2D eigenvalue weighted by atomic mass is 9.88. The second-order valence-electron chi connectivity index (χ2n) is 4.50. The highest BCUT2D eigenvalue weighted by Crippen LogP contribution is 2.30. The Morgan fingerprint density at radius 2 is 2.05 bits per heavy atom. The Morgan fingerprint density at radius 1 is 1.26 bits per heavy atom. The summed E-state index contributed by atoms with van der Waals surface area (Å²) in [7, 11) is 0. The molecule has 0 fully saturated rings. The van der Waals surface area contributed by atoms with Crippen molar-refractivity contribution in [2.45, 2.75) is 31.7 Å². The van der Waals surface area contributed by atoms with Gasteiger partial charge in [0.25, 0.3) is 0 Å². The van der Waals surface area contributed by atoms with Crippen molar-refractivity contribution < 1.29 is 22.6 Å². The Hall–Kier alpha value is -1.27. The summed E-state index contributed by atoms with van der Waals surface area (Å²) in [6, 6.07) is 5.48. The van der Waals surface area contributed by atoms with Crippen LogP contribution >= 0.6 is 0 Å². The average Bonchev–Trinajstić information content (AvgIpc) is 2.34. The van der Waals surface area contributed by atoms with Crippen LogP contribution in [0.3, 0.4) is 0 Å². The van der Waals surface area contributed by atoms with Crippen molar-refractivity contribution in [2.24, 2.45) is 5.73 Å². The maximum absolute atomic E-state index is 11.8. The summed E-state index contributed by atoms with van der Waals surface area (Å²) < 4.78 is 44.2. The number of rotatable bonds is 4. The number of fused-ring (bicyclic) bond motifs is 1. The van der Waals surface area contributed by atoms with Gasteiger partial charge in [-0.3, -0.25) is 4.74 Å². The summed E-state index contributed by atoms with van der Waals surface area (Å²) in [6.07, 6.45) is -1.64. The van der Waals surface area contributed by atoms with Crippen molar-refractivity contribution in [3.63, 3.8) is 0 Å². The molecule has 1 atom stereocenters. The maximum Gasteiger partial charge on any atom is 0.522 e. The molecule has 2 rings (SSSR count). The first-order valence-corrected chi connectivity index (χ1v) is 6.17. The van der Waals surface area contributed by atoms with E-state index in [9.17, 15) is 13.2 Å². The minimum Gasteiger partial charge on any atom is -0.491 e. The van der Waals surface area contributed by atoms with Crippen LogP contribution in [0.1, 0.15) is 30.0 Å². The molecule has 0 heterocycles. The van der Waals surface area contributed by atoms with Gasteiger partial charge >= 0.3 is 6.36 Å². The summed E-state index contributed by atoms with van der Waals surface area (Å²) in [5.74, 6) is 0.530. The third-order valence-corrected chi connectivity index (χ3v) is 3.10. The second kappa shape index (κ2) is 5.79. The van der Waals surface area contributed by atoms with E-state index < -0.39 is 13.0 Å². The molecule has 0 unspecified atom stereocenters. The maximum atomic E-state index is 11.8. The zero-order valence-electron chi connectivity index (χ0n) is 10.4. The van der Waals surface area contributed by atoms with Crippen LogP contribution in [-0.4, -0.2) is 19.6 Å². The van der Waals surface area contributed by atoms with Crippen LogP contribution in [0.4, 0.5) is 13.2 Å². The normalized spacial score (nSPS) is 19.1. The quantitative estimate of drug-likeness (QED) is 0.859. The first-order valence-electron chi connectivity index (χ1n) is 6.17. The molecule has 1 aliphatic rings. The van der Waals surface area contributed by atoms with Crippen molar-refractivity contribution in [2.75, 3.05) is 13.2 Å². The number of ether oxygens (including phenoxy) is 2. The predicted molar refractivity (Wildman–Crippen MR) is 63.8 cm³/mol. The van der Waals surface area contributed by atoms with E-state index in [0.29, 0.717) is 5.75 Å². The molecule has 0 radical (unpaired) electrons. The Labute approximate surface area is 109 Å². The minimum absolute atomic E-state index is 0.0151. The fourth-order valence-corrected chi connectivity index (χ4v) is 2.22. The molecule has 1 aromatic carbocycles. The van der Waals surface area contributed by atoms with E-state index in [1.54, 1.807) is 6.07 Å². The van der Waals surface area contributed by atoms with Gasteiger partial charge in [-0.05, 0) is 42.5 Å². The fourth-order valence-electron chi connectivity index (χ4n) is 2.22. The number of benzene rings is 1. The van der Waals surface area contributed by atoms with Gasteiger partial charge < -0.3 is 10.5 Å². The first kappa shape index (κ1) is 14.1. The van der Waals surface area contributed by atoms with Crippen LogP contribution in [0.15, 0.2) is 18.2 Å². The summed E-state index contributed by atoms with van der Waals surface area (Å²) in [6.45, 7) is -0.666. The molecule has 0 saturated carbocycles. The lowest BCUT2D eigenvalue weighted by molar-refractivity contribution is -0.325. The molecule has 0 aliphatic heterocycles. The van der Waals surface area contributed by atoms with E-state index in [1.807, 2.05) is 12.1 Å². The van der Waals surface area contributed by atoms with E-state index >= 15 is 0 Å². The molecule has 0 spiro atoms. The number of nitrogens with two attached hydrogens (primary N) is 1. The van der Waals surface area contributed by atoms with Crippen molar-refractivity contribution >= 4 is 0 Å². The summed E-state index contributed by atoms with van der Waals surface area (Å²) in [4.78, 5) is 0. The Balaban J connectivity index is 1.89. The van der Waals surface area contributed by atoms with Gasteiger partial charge in [0.15, 0.2) is 0 Å². The van der Waals surface area contributed by atoms with Crippen LogP contribution in [0.2, 0.25) is 0 Å². The molecule has 1 aromatic rings. The van der Waals surface area contributed by atoms with Crippen LogP contribution in [0.5, 0.6) is 5.75 Å². The van der Waals surface area contributed by atoms with Crippen LogP contribution < -0.4 is 10.5 Å². The minimum atomic E-state index is -4.61. The smallest absolute Gasteiger partial charge is 0.491 e. The molecule has 0 amide bonds. The fraction of sp³-hybridized carbons (Fsp3) is 0.538. The van der Waals surface area contributed by atoms with Gasteiger partial charge in [0.1, 0.15) is 12.4 Å². The average molecular weight is 275 g/mol. The number of hydrogen-bond acceptors (Lipinski definition) is 3. The Morgan fingerprint density at radius 3 is 2.79 bits per heavy atom. The molecule has 6 heteroatoms. The highest BCUT2D eigenvalue weighted by Gasteiger charge is 2.28. The molecule has 0 bridgehead atoms. The Bertz CT molecular complexity index is 434. The van der Waals surface area contributed by atoms with Gasteiger partial charge in [0, 0.05) is 6.04 Å². The predicted octanol–water partition coefficient (Wildman–Crippen LogP) is 2.94. The molecule has 0 saturated heterocycles. The van der Waals surface area contributed by atoms with Crippen molar-refractivity contribution in [3.05, 3.63) is 29.3 Å². The van der Waals surface area contributed by atoms with Crippen LogP contribution in [-0.2, 0) is 11.2 Å². The summed E-state index contributed by atoms with van der Waals surface area (Å²) in [5.41, 5.74) is 8.22. The molecular weight excluding hydrogens is 259 g/mol.